The van der Waals surface area contributed by atoms with Crippen molar-refractivity contribution in [2.24, 2.45) is 0 Å². The fourth-order valence-electron chi connectivity index (χ4n) is 4.27. The van der Waals surface area contributed by atoms with Crippen LogP contribution in [0.2, 0.25) is 0 Å². The summed E-state index contributed by atoms with van der Waals surface area (Å²) in [7, 11) is 0. The van der Waals surface area contributed by atoms with Crippen LogP contribution in [0.5, 0.6) is 0 Å². The molecule has 0 saturated heterocycles. The minimum Gasteiger partial charge on any atom is -0.256 e. The number of pyridine rings is 1. The molecule has 0 atom stereocenters. The maximum absolute atomic E-state index is 14.7. The Labute approximate surface area is 169 Å². The van der Waals surface area contributed by atoms with Crippen molar-refractivity contribution < 1.29 is 4.39 Å². The molecule has 0 unspecified atom stereocenters. The molecule has 0 saturated carbocycles. The molecule has 2 heteroatoms. The Morgan fingerprint density at radius 3 is 2.14 bits per heavy atom. The van der Waals surface area contributed by atoms with E-state index in [9.17, 15) is 4.39 Å². The number of rotatable bonds is 2. The fourth-order valence-corrected chi connectivity index (χ4v) is 4.27. The first-order valence-corrected chi connectivity index (χ1v) is 9.76. The van der Waals surface area contributed by atoms with Crippen molar-refractivity contribution in [2.45, 2.75) is 13.8 Å². The molecule has 0 amide bonds. The van der Waals surface area contributed by atoms with Gasteiger partial charge in [0.2, 0.25) is 0 Å². The van der Waals surface area contributed by atoms with E-state index in [1.165, 1.54) is 11.1 Å². The molecule has 5 aromatic rings. The number of benzene rings is 4. The Morgan fingerprint density at radius 1 is 0.655 bits per heavy atom. The fraction of sp³-hybridized carbons (Fsp3) is 0.0741. The van der Waals surface area contributed by atoms with Gasteiger partial charge in [-0.3, -0.25) is 4.98 Å². The lowest BCUT2D eigenvalue weighted by atomic mass is 9.92. The van der Waals surface area contributed by atoms with Crippen molar-refractivity contribution >= 4 is 21.5 Å². The molecular formula is C27H20FN. The van der Waals surface area contributed by atoms with Crippen LogP contribution in [0.3, 0.4) is 0 Å². The zero-order valence-corrected chi connectivity index (χ0v) is 16.4. The normalized spacial score (nSPS) is 11.3. The highest BCUT2D eigenvalue weighted by Gasteiger charge is 2.14. The van der Waals surface area contributed by atoms with E-state index < -0.39 is 0 Å². The zero-order chi connectivity index (χ0) is 20.0. The summed E-state index contributed by atoms with van der Waals surface area (Å²) in [6, 6.07) is 25.9. The molecule has 0 radical (unpaired) electrons. The van der Waals surface area contributed by atoms with Crippen LogP contribution in [0, 0.1) is 19.7 Å². The first-order chi connectivity index (χ1) is 14.1. The lowest BCUT2D eigenvalue weighted by Crippen LogP contribution is -1.92. The largest absolute Gasteiger partial charge is 0.256 e. The minimum atomic E-state index is -0.202. The predicted octanol–water partition coefficient (Wildman–Crippen LogP) is 7.48. The van der Waals surface area contributed by atoms with Gasteiger partial charge < -0.3 is 0 Å². The zero-order valence-electron chi connectivity index (χ0n) is 16.4. The lowest BCUT2D eigenvalue weighted by Gasteiger charge is -2.14. The van der Waals surface area contributed by atoms with E-state index in [0.29, 0.717) is 5.39 Å². The molecule has 1 aromatic heterocycles. The van der Waals surface area contributed by atoms with Gasteiger partial charge in [-0.2, -0.15) is 0 Å². The second-order valence-corrected chi connectivity index (χ2v) is 7.58. The van der Waals surface area contributed by atoms with Gasteiger partial charge in [0.05, 0.1) is 5.69 Å². The predicted molar refractivity (Wildman–Crippen MR) is 120 cm³/mol. The topological polar surface area (TPSA) is 12.9 Å². The van der Waals surface area contributed by atoms with E-state index >= 15 is 0 Å². The standard InChI is InChI=1S/C27H20FN/c1-17-14-18(2)16-20(15-17)27-23-8-9-24-25(28)11-10-21(19-6-4-3-5-7-19)26(24)22(23)12-13-29-27/h3-16H,1-2H3. The average Bonchev–Trinajstić information content (AvgIpc) is 2.73. The molecule has 5 rings (SSSR count). The SMILES string of the molecule is Cc1cc(C)cc(-c2nccc3c2ccc2c(F)ccc(-c4ccccc4)c23)c1. The third kappa shape index (κ3) is 2.98. The van der Waals surface area contributed by atoms with Gasteiger partial charge in [-0.15, -0.1) is 0 Å². The molecular weight excluding hydrogens is 357 g/mol. The third-order valence-electron chi connectivity index (χ3n) is 5.45. The highest BCUT2D eigenvalue weighted by molar-refractivity contribution is 6.16. The summed E-state index contributed by atoms with van der Waals surface area (Å²) in [6.07, 6.45) is 1.83. The number of hydrogen-bond donors (Lipinski definition) is 0. The highest BCUT2D eigenvalue weighted by atomic mass is 19.1. The summed E-state index contributed by atoms with van der Waals surface area (Å²) in [6.45, 7) is 4.19. The molecule has 140 valence electrons. The van der Waals surface area contributed by atoms with Gasteiger partial charge in [-0.05, 0) is 54.6 Å². The Hall–Kier alpha value is -3.52. The quantitative estimate of drug-likeness (QED) is 0.291. The maximum atomic E-state index is 14.7. The number of aryl methyl sites for hydroxylation is 2. The second kappa shape index (κ2) is 6.82. The van der Waals surface area contributed by atoms with E-state index in [-0.39, 0.29) is 5.82 Å². The van der Waals surface area contributed by atoms with E-state index in [2.05, 4.69) is 44.2 Å². The van der Waals surface area contributed by atoms with Crippen LogP contribution in [0.4, 0.5) is 4.39 Å². The van der Waals surface area contributed by atoms with Crippen LogP contribution in [-0.4, -0.2) is 4.98 Å². The van der Waals surface area contributed by atoms with E-state index in [4.69, 9.17) is 4.98 Å². The summed E-state index contributed by atoms with van der Waals surface area (Å²) >= 11 is 0. The van der Waals surface area contributed by atoms with Crippen LogP contribution in [0.15, 0.2) is 85.1 Å². The molecule has 0 aliphatic carbocycles. The summed E-state index contributed by atoms with van der Waals surface area (Å²) in [5.74, 6) is -0.202. The van der Waals surface area contributed by atoms with Gasteiger partial charge in [-0.25, -0.2) is 4.39 Å². The maximum Gasteiger partial charge on any atom is 0.131 e. The molecule has 0 aliphatic rings. The molecule has 4 aromatic carbocycles. The number of halogens is 1. The van der Waals surface area contributed by atoms with Gasteiger partial charge in [-0.1, -0.05) is 65.7 Å². The Balaban J connectivity index is 1.90. The van der Waals surface area contributed by atoms with Crippen molar-refractivity contribution in [1.82, 2.24) is 4.98 Å². The van der Waals surface area contributed by atoms with Crippen LogP contribution in [0.1, 0.15) is 11.1 Å². The third-order valence-corrected chi connectivity index (χ3v) is 5.45. The lowest BCUT2D eigenvalue weighted by molar-refractivity contribution is 0.640. The average molecular weight is 377 g/mol. The first-order valence-electron chi connectivity index (χ1n) is 9.76. The van der Waals surface area contributed by atoms with Crippen LogP contribution >= 0.6 is 0 Å². The van der Waals surface area contributed by atoms with Gasteiger partial charge in [0.25, 0.3) is 0 Å². The molecule has 0 spiro atoms. The summed E-state index contributed by atoms with van der Waals surface area (Å²) in [5.41, 5.74) is 6.54. The van der Waals surface area contributed by atoms with Crippen LogP contribution in [0.25, 0.3) is 43.9 Å². The Bertz CT molecular complexity index is 1350. The number of aromatic nitrogens is 1. The number of nitrogens with zero attached hydrogens (tertiary/aromatic N) is 1. The molecule has 1 heterocycles. The van der Waals surface area contributed by atoms with E-state index in [1.54, 1.807) is 6.07 Å². The molecule has 0 N–H and O–H groups in total. The van der Waals surface area contributed by atoms with E-state index in [0.717, 1.165) is 38.5 Å². The van der Waals surface area contributed by atoms with Gasteiger partial charge in [0, 0.05) is 27.9 Å². The summed E-state index contributed by atoms with van der Waals surface area (Å²) < 4.78 is 14.7. The monoisotopic (exact) mass is 377 g/mol. The summed E-state index contributed by atoms with van der Waals surface area (Å²) in [5, 5.41) is 3.62. The number of hydrogen-bond acceptors (Lipinski definition) is 1. The second-order valence-electron chi connectivity index (χ2n) is 7.58. The van der Waals surface area contributed by atoms with Gasteiger partial charge in [0.15, 0.2) is 0 Å². The molecule has 29 heavy (non-hydrogen) atoms. The molecule has 0 aliphatic heterocycles. The van der Waals surface area contributed by atoms with Crippen molar-refractivity contribution in [3.63, 3.8) is 0 Å². The Morgan fingerprint density at radius 2 is 1.38 bits per heavy atom. The molecule has 0 bridgehead atoms. The van der Waals surface area contributed by atoms with Crippen molar-refractivity contribution in [1.29, 1.82) is 0 Å². The van der Waals surface area contributed by atoms with Gasteiger partial charge in [0.1, 0.15) is 5.82 Å². The van der Waals surface area contributed by atoms with Crippen molar-refractivity contribution in [2.75, 3.05) is 0 Å². The minimum absolute atomic E-state index is 0.202. The van der Waals surface area contributed by atoms with Crippen LogP contribution < -0.4 is 0 Å². The van der Waals surface area contributed by atoms with Crippen LogP contribution in [-0.2, 0) is 0 Å². The number of fused-ring (bicyclic) bond motifs is 3. The first kappa shape index (κ1) is 17.6. The van der Waals surface area contributed by atoms with Crippen molar-refractivity contribution in [3.05, 3.63) is 102 Å². The summed E-state index contributed by atoms with van der Waals surface area (Å²) in [4.78, 5) is 4.70. The smallest absolute Gasteiger partial charge is 0.131 e. The highest BCUT2D eigenvalue weighted by Crippen LogP contribution is 2.38. The molecule has 1 nitrogen and oxygen atoms in total. The van der Waals surface area contributed by atoms with Gasteiger partial charge >= 0.3 is 0 Å². The Kier molecular flexibility index (Phi) is 4.13. The molecule has 0 fully saturated rings. The van der Waals surface area contributed by atoms with Crippen molar-refractivity contribution in [3.8, 4) is 22.4 Å². The van der Waals surface area contributed by atoms with E-state index in [1.807, 2.05) is 48.7 Å².